The largest absolute Gasteiger partial charge is 0.507 e. The minimum atomic E-state index is -0.0649. The standard InChI is InChI=1S/C19H25N3O2/c1-3-14-7-5-8-15(17(14)23)12-16-9-4-6-13(2)18(16)24-11-10-22-19(20)21/h4-9,23H,3,10-12H2,1-2H3,(H4,20,21,22). The van der Waals surface area contributed by atoms with Crippen LogP contribution in [0.3, 0.4) is 0 Å². The number of hydrogen-bond donors (Lipinski definition) is 4. The number of guanidine groups is 1. The van der Waals surface area contributed by atoms with E-state index in [9.17, 15) is 5.11 Å². The van der Waals surface area contributed by atoms with Crippen LogP contribution in [0.15, 0.2) is 36.4 Å². The van der Waals surface area contributed by atoms with Gasteiger partial charge in [0.05, 0.1) is 6.54 Å². The lowest BCUT2D eigenvalue weighted by Gasteiger charge is -2.16. The molecule has 0 aromatic heterocycles. The number of aryl methyl sites for hydroxylation is 2. The lowest BCUT2D eigenvalue weighted by atomic mass is 9.98. The number of phenolic OH excluding ortho intramolecular Hbond substituents is 1. The van der Waals surface area contributed by atoms with Crippen molar-refractivity contribution >= 4 is 5.96 Å². The van der Waals surface area contributed by atoms with Crippen LogP contribution in [0, 0.1) is 12.3 Å². The topological polar surface area (TPSA) is 91.4 Å². The Morgan fingerprint density at radius 1 is 1.17 bits per heavy atom. The molecule has 0 spiro atoms. The second-order valence-electron chi connectivity index (χ2n) is 5.71. The summed E-state index contributed by atoms with van der Waals surface area (Å²) in [7, 11) is 0. The normalized spacial score (nSPS) is 10.4. The van der Waals surface area contributed by atoms with Crippen LogP contribution in [0.25, 0.3) is 0 Å². The lowest BCUT2D eigenvalue weighted by molar-refractivity contribution is 0.317. The van der Waals surface area contributed by atoms with Crippen LogP contribution in [0.1, 0.15) is 29.2 Å². The Balaban J connectivity index is 2.18. The number of nitrogens with two attached hydrogens (primary N) is 1. The zero-order chi connectivity index (χ0) is 17.5. The molecule has 0 heterocycles. The highest BCUT2D eigenvalue weighted by Gasteiger charge is 2.12. The number of rotatable bonds is 7. The Bertz CT molecular complexity index is 714. The summed E-state index contributed by atoms with van der Waals surface area (Å²) in [5.74, 6) is 1.12. The van der Waals surface area contributed by atoms with E-state index < -0.39 is 0 Å². The molecule has 0 aliphatic carbocycles. The highest BCUT2D eigenvalue weighted by Crippen LogP contribution is 2.30. The fourth-order valence-electron chi connectivity index (χ4n) is 2.68. The van der Waals surface area contributed by atoms with E-state index in [-0.39, 0.29) is 5.96 Å². The molecule has 2 aromatic rings. The fraction of sp³-hybridized carbons (Fsp3) is 0.316. The van der Waals surface area contributed by atoms with Gasteiger partial charge in [-0.05, 0) is 35.6 Å². The molecular formula is C19H25N3O2. The van der Waals surface area contributed by atoms with Gasteiger partial charge in [-0.2, -0.15) is 0 Å². The molecule has 5 heteroatoms. The van der Waals surface area contributed by atoms with Crippen LogP contribution in [0.5, 0.6) is 11.5 Å². The van der Waals surface area contributed by atoms with E-state index in [1.54, 1.807) is 0 Å². The first-order valence-electron chi connectivity index (χ1n) is 8.11. The number of benzene rings is 2. The number of hydrogen-bond acceptors (Lipinski definition) is 3. The SMILES string of the molecule is CCc1cccc(Cc2cccc(C)c2OCCNC(=N)N)c1O. The molecular weight excluding hydrogens is 302 g/mol. The average molecular weight is 327 g/mol. The zero-order valence-electron chi connectivity index (χ0n) is 14.2. The molecule has 5 N–H and O–H groups in total. The molecule has 0 fully saturated rings. The van der Waals surface area contributed by atoms with Crippen LogP contribution in [-0.4, -0.2) is 24.2 Å². The molecule has 0 aliphatic heterocycles. The maximum Gasteiger partial charge on any atom is 0.185 e. The van der Waals surface area contributed by atoms with Gasteiger partial charge in [-0.15, -0.1) is 0 Å². The first kappa shape index (κ1) is 17.7. The van der Waals surface area contributed by atoms with E-state index in [1.807, 2.05) is 50.2 Å². The van der Waals surface area contributed by atoms with Crippen molar-refractivity contribution in [3.8, 4) is 11.5 Å². The van der Waals surface area contributed by atoms with Crippen molar-refractivity contribution in [2.75, 3.05) is 13.2 Å². The van der Waals surface area contributed by atoms with Gasteiger partial charge in [-0.3, -0.25) is 5.41 Å². The fourth-order valence-corrected chi connectivity index (χ4v) is 2.68. The van der Waals surface area contributed by atoms with Crippen molar-refractivity contribution in [2.45, 2.75) is 26.7 Å². The third kappa shape index (κ3) is 4.41. The predicted octanol–water partition coefficient (Wildman–Crippen LogP) is 2.72. The monoisotopic (exact) mass is 327 g/mol. The maximum absolute atomic E-state index is 10.4. The first-order valence-corrected chi connectivity index (χ1v) is 8.11. The molecule has 0 saturated carbocycles. The molecule has 0 bridgehead atoms. The average Bonchev–Trinajstić information content (AvgIpc) is 2.55. The molecule has 0 atom stereocenters. The van der Waals surface area contributed by atoms with Crippen molar-refractivity contribution in [1.82, 2.24) is 5.32 Å². The van der Waals surface area contributed by atoms with Crippen LogP contribution in [-0.2, 0) is 12.8 Å². The summed E-state index contributed by atoms with van der Waals surface area (Å²) < 4.78 is 5.89. The van der Waals surface area contributed by atoms with Crippen molar-refractivity contribution in [3.05, 3.63) is 58.7 Å². The Labute approximate surface area is 143 Å². The van der Waals surface area contributed by atoms with E-state index in [0.717, 1.165) is 34.4 Å². The number of para-hydroxylation sites is 2. The third-order valence-corrected chi connectivity index (χ3v) is 3.92. The lowest BCUT2D eigenvalue weighted by Crippen LogP contribution is -2.33. The van der Waals surface area contributed by atoms with Gasteiger partial charge >= 0.3 is 0 Å². The van der Waals surface area contributed by atoms with Gasteiger partial charge in [0.2, 0.25) is 0 Å². The predicted molar refractivity (Wildman–Crippen MR) is 96.9 cm³/mol. The minimum absolute atomic E-state index is 0.0649. The van der Waals surface area contributed by atoms with E-state index in [1.165, 1.54) is 0 Å². The van der Waals surface area contributed by atoms with Crippen molar-refractivity contribution < 1.29 is 9.84 Å². The van der Waals surface area contributed by atoms with Gasteiger partial charge in [0.15, 0.2) is 5.96 Å². The van der Waals surface area contributed by atoms with Gasteiger partial charge in [-0.25, -0.2) is 0 Å². The van der Waals surface area contributed by atoms with Gasteiger partial charge in [0.25, 0.3) is 0 Å². The Kier molecular flexibility index (Phi) is 6.07. The summed E-state index contributed by atoms with van der Waals surface area (Å²) in [5, 5.41) is 20.3. The summed E-state index contributed by atoms with van der Waals surface area (Å²) in [4.78, 5) is 0. The van der Waals surface area contributed by atoms with E-state index >= 15 is 0 Å². The molecule has 0 radical (unpaired) electrons. The van der Waals surface area contributed by atoms with Gasteiger partial charge in [-0.1, -0.05) is 43.3 Å². The van der Waals surface area contributed by atoms with Crippen molar-refractivity contribution in [3.63, 3.8) is 0 Å². The van der Waals surface area contributed by atoms with E-state index in [2.05, 4.69) is 5.32 Å². The molecule has 0 amide bonds. The molecule has 2 rings (SSSR count). The number of ether oxygens (including phenoxy) is 1. The Morgan fingerprint density at radius 3 is 2.54 bits per heavy atom. The second kappa shape index (κ2) is 8.24. The molecule has 128 valence electrons. The van der Waals surface area contributed by atoms with Crippen LogP contribution < -0.4 is 15.8 Å². The zero-order valence-corrected chi connectivity index (χ0v) is 14.2. The molecule has 2 aromatic carbocycles. The highest BCUT2D eigenvalue weighted by molar-refractivity contribution is 5.74. The number of nitrogens with one attached hydrogen (secondary N) is 2. The Morgan fingerprint density at radius 2 is 1.83 bits per heavy atom. The number of phenols is 1. The molecule has 0 unspecified atom stereocenters. The van der Waals surface area contributed by atoms with E-state index in [4.69, 9.17) is 15.9 Å². The maximum atomic E-state index is 10.4. The summed E-state index contributed by atoms with van der Waals surface area (Å²) in [6, 6.07) is 11.9. The van der Waals surface area contributed by atoms with Crippen LogP contribution in [0.4, 0.5) is 0 Å². The molecule has 0 saturated heterocycles. The summed E-state index contributed by atoms with van der Waals surface area (Å²) >= 11 is 0. The number of aromatic hydroxyl groups is 1. The first-order chi connectivity index (χ1) is 11.5. The molecule has 24 heavy (non-hydrogen) atoms. The minimum Gasteiger partial charge on any atom is -0.507 e. The third-order valence-electron chi connectivity index (χ3n) is 3.92. The van der Waals surface area contributed by atoms with Gasteiger partial charge < -0.3 is 20.9 Å². The van der Waals surface area contributed by atoms with E-state index in [0.29, 0.717) is 25.3 Å². The molecule has 0 aliphatic rings. The highest BCUT2D eigenvalue weighted by atomic mass is 16.5. The van der Waals surface area contributed by atoms with Gasteiger partial charge in [0.1, 0.15) is 18.1 Å². The Hall–Kier alpha value is -2.69. The summed E-state index contributed by atoms with van der Waals surface area (Å²) in [5.41, 5.74) is 9.19. The van der Waals surface area contributed by atoms with Crippen molar-refractivity contribution in [1.29, 1.82) is 5.41 Å². The summed E-state index contributed by atoms with van der Waals surface area (Å²) in [6.07, 6.45) is 1.41. The second-order valence-corrected chi connectivity index (χ2v) is 5.71. The molecule has 5 nitrogen and oxygen atoms in total. The smallest absolute Gasteiger partial charge is 0.185 e. The summed E-state index contributed by atoms with van der Waals surface area (Å²) in [6.45, 7) is 4.92. The van der Waals surface area contributed by atoms with Crippen LogP contribution in [0.2, 0.25) is 0 Å². The van der Waals surface area contributed by atoms with Gasteiger partial charge in [0, 0.05) is 6.42 Å². The quantitative estimate of drug-likeness (QED) is 0.357. The van der Waals surface area contributed by atoms with Crippen molar-refractivity contribution in [2.24, 2.45) is 5.73 Å². The van der Waals surface area contributed by atoms with Crippen LogP contribution >= 0.6 is 0 Å².